The van der Waals surface area contributed by atoms with E-state index in [1.54, 1.807) is 12.1 Å². The van der Waals surface area contributed by atoms with E-state index >= 15 is 0 Å². The van der Waals surface area contributed by atoms with Gasteiger partial charge in [-0.25, -0.2) is 4.79 Å². The van der Waals surface area contributed by atoms with Crippen LogP contribution in [0.1, 0.15) is 24.8 Å². The lowest BCUT2D eigenvalue weighted by Gasteiger charge is -2.28. The summed E-state index contributed by atoms with van der Waals surface area (Å²) in [6.07, 6.45) is 3.33. The molecule has 1 saturated heterocycles. The first kappa shape index (κ1) is 27.8. The standard InChI is InChI=1S/C22H32N4O6S2/c1-34-10-8-16(24-19(28)15(23)11-13-4-6-14(27)7-5-13)20(29)25-17(12-33)21(30)26-9-2-3-18(26)22(31)32/h4-7,15-18,27,33H,2-3,8-12,23H2,1H3,(H,24,28)(H,25,29)(H,31,32). The molecule has 0 aromatic heterocycles. The molecule has 6 N–H and O–H groups in total. The molecule has 0 spiro atoms. The Hall–Kier alpha value is -2.44. The number of thiol groups is 1. The van der Waals surface area contributed by atoms with E-state index in [4.69, 9.17) is 5.73 Å². The molecule has 0 bridgehead atoms. The molecule has 12 heteroatoms. The lowest BCUT2D eigenvalue weighted by molar-refractivity contribution is -0.149. The predicted molar refractivity (Wildman–Crippen MR) is 133 cm³/mol. The number of nitrogens with zero attached hydrogens (tertiary/aromatic N) is 1. The van der Waals surface area contributed by atoms with Crippen molar-refractivity contribution in [3.05, 3.63) is 29.8 Å². The number of benzene rings is 1. The van der Waals surface area contributed by atoms with E-state index in [-0.39, 0.29) is 17.9 Å². The molecule has 1 aliphatic rings. The van der Waals surface area contributed by atoms with Crippen LogP contribution in [0.4, 0.5) is 0 Å². The molecule has 4 unspecified atom stereocenters. The Morgan fingerprint density at radius 1 is 1.18 bits per heavy atom. The zero-order valence-corrected chi connectivity index (χ0v) is 20.7. The van der Waals surface area contributed by atoms with Crippen LogP contribution in [0, 0.1) is 0 Å². The number of nitrogens with one attached hydrogen (secondary N) is 2. The van der Waals surface area contributed by atoms with E-state index in [0.29, 0.717) is 31.6 Å². The molecule has 1 aromatic rings. The van der Waals surface area contributed by atoms with E-state index in [9.17, 15) is 29.4 Å². The first-order valence-electron chi connectivity index (χ1n) is 10.9. The molecule has 1 heterocycles. The van der Waals surface area contributed by atoms with Gasteiger partial charge in [0.1, 0.15) is 23.9 Å². The molecular formula is C22H32N4O6S2. The molecule has 10 nitrogen and oxygen atoms in total. The number of hydrogen-bond acceptors (Lipinski definition) is 8. The molecule has 3 amide bonds. The number of carbonyl (C=O) groups is 4. The van der Waals surface area contributed by atoms with Gasteiger partial charge in [0.15, 0.2) is 0 Å². The second kappa shape index (κ2) is 13.4. The number of phenolic OH excluding ortho intramolecular Hbond substituents is 1. The number of likely N-dealkylation sites (tertiary alicyclic amines) is 1. The Morgan fingerprint density at radius 3 is 2.41 bits per heavy atom. The van der Waals surface area contributed by atoms with Crippen LogP contribution in [-0.2, 0) is 25.6 Å². The molecule has 1 fully saturated rings. The average molecular weight is 513 g/mol. The maximum absolute atomic E-state index is 13.0. The van der Waals surface area contributed by atoms with Crippen LogP contribution in [0.25, 0.3) is 0 Å². The van der Waals surface area contributed by atoms with Gasteiger partial charge < -0.3 is 31.5 Å². The van der Waals surface area contributed by atoms with Crippen molar-refractivity contribution in [1.29, 1.82) is 0 Å². The minimum absolute atomic E-state index is 0.0169. The first-order chi connectivity index (χ1) is 16.2. The minimum Gasteiger partial charge on any atom is -0.508 e. The fourth-order valence-electron chi connectivity index (χ4n) is 3.71. The molecule has 34 heavy (non-hydrogen) atoms. The quantitative estimate of drug-likeness (QED) is 0.213. The van der Waals surface area contributed by atoms with Crippen molar-refractivity contribution in [2.24, 2.45) is 5.73 Å². The third-order valence-electron chi connectivity index (χ3n) is 5.59. The summed E-state index contributed by atoms with van der Waals surface area (Å²) >= 11 is 5.67. The van der Waals surface area contributed by atoms with Crippen molar-refractivity contribution in [1.82, 2.24) is 15.5 Å². The summed E-state index contributed by atoms with van der Waals surface area (Å²) in [5.41, 5.74) is 6.78. The highest BCUT2D eigenvalue weighted by Crippen LogP contribution is 2.19. The van der Waals surface area contributed by atoms with Gasteiger partial charge in [-0.1, -0.05) is 12.1 Å². The van der Waals surface area contributed by atoms with Crippen LogP contribution < -0.4 is 16.4 Å². The molecule has 1 aliphatic heterocycles. The van der Waals surface area contributed by atoms with E-state index in [2.05, 4.69) is 23.3 Å². The Morgan fingerprint density at radius 2 is 1.82 bits per heavy atom. The molecule has 0 saturated carbocycles. The van der Waals surface area contributed by atoms with Gasteiger partial charge in [0.05, 0.1) is 6.04 Å². The number of phenols is 1. The Labute approximate surface area is 208 Å². The Bertz CT molecular complexity index is 869. The molecule has 2 rings (SSSR count). The SMILES string of the molecule is CSCCC(NC(=O)C(N)Cc1ccc(O)cc1)C(=O)NC(CS)C(=O)N1CCCC1C(=O)O. The normalized spacial score (nSPS) is 18.1. The van der Waals surface area contributed by atoms with Gasteiger partial charge in [-0.15, -0.1) is 0 Å². The van der Waals surface area contributed by atoms with E-state index in [1.807, 2.05) is 6.26 Å². The maximum atomic E-state index is 13.0. The summed E-state index contributed by atoms with van der Waals surface area (Å²) in [6.45, 7) is 0.300. The summed E-state index contributed by atoms with van der Waals surface area (Å²) in [5, 5.41) is 24.0. The van der Waals surface area contributed by atoms with E-state index in [1.165, 1.54) is 28.8 Å². The number of nitrogens with two attached hydrogens (primary N) is 1. The molecule has 0 radical (unpaired) electrons. The molecule has 4 atom stereocenters. The fraction of sp³-hybridized carbons (Fsp3) is 0.545. The zero-order chi connectivity index (χ0) is 25.3. The van der Waals surface area contributed by atoms with Gasteiger partial charge in [0.2, 0.25) is 17.7 Å². The molecule has 1 aromatic carbocycles. The predicted octanol–water partition coefficient (Wildman–Crippen LogP) is -0.00990. The number of thioether (sulfide) groups is 1. The van der Waals surface area contributed by atoms with Gasteiger partial charge in [0.25, 0.3) is 0 Å². The fourth-order valence-corrected chi connectivity index (χ4v) is 4.43. The van der Waals surface area contributed by atoms with Gasteiger partial charge in [-0.2, -0.15) is 24.4 Å². The van der Waals surface area contributed by atoms with Gasteiger partial charge >= 0.3 is 5.97 Å². The average Bonchev–Trinajstić information content (AvgIpc) is 3.31. The molecule has 188 valence electrons. The highest BCUT2D eigenvalue weighted by Gasteiger charge is 2.38. The number of carboxylic acid groups (broad SMARTS) is 1. The largest absolute Gasteiger partial charge is 0.508 e. The Balaban J connectivity index is 2.03. The third-order valence-corrected chi connectivity index (χ3v) is 6.60. The highest BCUT2D eigenvalue weighted by molar-refractivity contribution is 7.98. The maximum Gasteiger partial charge on any atom is 0.326 e. The minimum atomic E-state index is -1.08. The number of aliphatic carboxylic acids is 1. The molecular weight excluding hydrogens is 480 g/mol. The topological polar surface area (TPSA) is 162 Å². The molecule has 0 aliphatic carbocycles. The first-order valence-corrected chi connectivity index (χ1v) is 13.0. The monoisotopic (exact) mass is 512 g/mol. The second-order valence-electron chi connectivity index (χ2n) is 8.09. The summed E-state index contributed by atoms with van der Waals surface area (Å²) < 4.78 is 0. The number of hydrogen-bond donors (Lipinski definition) is 6. The van der Waals surface area contributed by atoms with Crippen molar-refractivity contribution < 1.29 is 29.4 Å². The van der Waals surface area contributed by atoms with Crippen molar-refractivity contribution in [3.8, 4) is 5.75 Å². The smallest absolute Gasteiger partial charge is 0.326 e. The lowest BCUT2D eigenvalue weighted by atomic mass is 10.0. The number of carboxylic acids is 1. The van der Waals surface area contributed by atoms with Crippen LogP contribution in [0.3, 0.4) is 0 Å². The summed E-state index contributed by atoms with van der Waals surface area (Å²) in [5.74, 6) is -2.00. The third kappa shape index (κ3) is 7.81. The zero-order valence-electron chi connectivity index (χ0n) is 19.0. The van der Waals surface area contributed by atoms with E-state index < -0.39 is 47.9 Å². The summed E-state index contributed by atoms with van der Waals surface area (Å²) in [6, 6.07) is 2.54. The van der Waals surface area contributed by atoms with Crippen molar-refractivity contribution in [2.75, 3.05) is 24.3 Å². The second-order valence-corrected chi connectivity index (χ2v) is 9.44. The van der Waals surface area contributed by atoms with Gasteiger partial charge in [0, 0.05) is 12.3 Å². The Kier molecular flexibility index (Phi) is 11.0. The lowest BCUT2D eigenvalue weighted by Crippen LogP contribution is -2.58. The van der Waals surface area contributed by atoms with Crippen LogP contribution in [0.5, 0.6) is 5.75 Å². The van der Waals surface area contributed by atoms with Crippen LogP contribution >= 0.6 is 24.4 Å². The van der Waals surface area contributed by atoms with E-state index in [0.717, 1.165) is 5.56 Å². The number of rotatable bonds is 12. The van der Waals surface area contributed by atoms with Crippen molar-refractivity contribution in [2.45, 2.75) is 49.9 Å². The summed E-state index contributed by atoms with van der Waals surface area (Å²) in [7, 11) is 0. The van der Waals surface area contributed by atoms with Crippen LogP contribution in [0.2, 0.25) is 0 Å². The highest BCUT2D eigenvalue weighted by atomic mass is 32.2. The van der Waals surface area contributed by atoms with Gasteiger partial charge in [-0.3, -0.25) is 14.4 Å². The number of amides is 3. The van der Waals surface area contributed by atoms with Crippen molar-refractivity contribution in [3.63, 3.8) is 0 Å². The summed E-state index contributed by atoms with van der Waals surface area (Å²) in [4.78, 5) is 51.2. The number of aromatic hydroxyl groups is 1. The van der Waals surface area contributed by atoms with Crippen LogP contribution in [-0.4, -0.2) is 87.3 Å². The van der Waals surface area contributed by atoms with Crippen molar-refractivity contribution >= 4 is 48.1 Å². The van der Waals surface area contributed by atoms with Crippen LogP contribution in [0.15, 0.2) is 24.3 Å². The number of carbonyl (C=O) groups excluding carboxylic acids is 3. The van der Waals surface area contributed by atoms with Gasteiger partial charge in [-0.05, 0) is 55.4 Å².